The van der Waals surface area contributed by atoms with Crippen molar-refractivity contribution in [3.8, 4) is 0 Å². The van der Waals surface area contributed by atoms with E-state index in [9.17, 15) is 0 Å². The molecule has 15 rings (SSSR count). The van der Waals surface area contributed by atoms with Crippen LogP contribution in [-0.2, 0) is 104 Å². The van der Waals surface area contributed by atoms with Crippen LogP contribution in [0.3, 0.4) is 0 Å². The molecule has 0 bridgehead atoms. The van der Waals surface area contributed by atoms with Gasteiger partial charge >= 0.3 is 63.2 Å². The van der Waals surface area contributed by atoms with Crippen molar-refractivity contribution in [1.29, 1.82) is 0 Å². The number of para-hydroxylation sites is 3. The van der Waals surface area contributed by atoms with E-state index in [0.717, 1.165) is 172 Å². The van der Waals surface area contributed by atoms with E-state index in [1.807, 2.05) is 127 Å². The molecule has 0 atom stereocenters. The average Bonchev–Trinajstić information content (AvgIpc) is 1.69. The Kier molecular flexibility index (Phi) is 28.2. The van der Waals surface area contributed by atoms with Gasteiger partial charge in [0.25, 0.3) is 0 Å². The van der Waals surface area contributed by atoms with Crippen molar-refractivity contribution in [3.05, 3.63) is 230 Å². The Morgan fingerprint density at radius 1 is 0.394 bits per heavy atom. The normalized spacial score (nSPS) is 13.8. The number of hydrogen-bond acceptors (Lipinski definition) is 15. The van der Waals surface area contributed by atoms with Gasteiger partial charge in [-0.1, -0.05) is 121 Å². The number of benzene rings is 6. The molecule has 0 radical (unpaired) electrons. The Bertz CT molecular complexity index is 4020. The molecular formula is C71H74Cl2N18W3. The first-order chi connectivity index (χ1) is 44.3. The third kappa shape index (κ3) is 19.8. The molecule has 9 N–H and O–H groups in total. The first kappa shape index (κ1) is 73.4. The van der Waals surface area contributed by atoms with Gasteiger partial charge in [0.1, 0.15) is 17.5 Å². The number of aromatic nitrogens is 6. The summed E-state index contributed by atoms with van der Waals surface area (Å²) in [6.07, 6.45) is 26.5. The Morgan fingerprint density at radius 2 is 0.745 bits per heavy atom. The molecule has 9 aromatic rings. The minimum absolute atomic E-state index is 0. The van der Waals surface area contributed by atoms with Crippen molar-refractivity contribution in [2.24, 2.45) is 36.1 Å². The van der Waals surface area contributed by atoms with Gasteiger partial charge in [0.05, 0.1) is 52.7 Å². The van der Waals surface area contributed by atoms with Gasteiger partial charge in [-0.2, -0.15) is 79.9 Å². The van der Waals surface area contributed by atoms with E-state index in [2.05, 4.69) is 183 Å². The molecule has 0 amide bonds. The molecule has 6 aliphatic rings. The molecule has 6 aliphatic heterocycles. The van der Waals surface area contributed by atoms with Gasteiger partial charge in [0, 0.05) is 62.5 Å². The summed E-state index contributed by atoms with van der Waals surface area (Å²) in [7, 11) is 5.81. The number of fused-ring (bicyclic) bond motifs is 9. The molecule has 0 saturated heterocycles. The van der Waals surface area contributed by atoms with Crippen molar-refractivity contribution in [1.82, 2.24) is 29.3 Å². The van der Waals surface area contributed by atoms with E-state index in [-0.39, 0.29) is 63.2 Å². The third-order valence-corrected chi connectivity index (χ3v) is 15.5. The molecule has 9 heterocycles. The molecule has 0 unspecified atom stereocenters. The summed E-state index contributed by atoms with van der Waals surface area (Å²) in [4.78, 5) is 12.5. The van der Waals surface area contributed by atoms with Crippen LogP contribution in [0.25, 0.3) is 0 Å². The van der Waals surface area contributed by atoms with E-state index in [1.54, 1.807) is 13.8 Å². The Hall–Kier alpha value is -7.98. The zero-order chi connectivity index (χ0) is 63.6. The first-order valence-electron chi connectivity index (χ1n) is 30.1. The van der Waals surface area contributed by atoms with Gasteiger partial charge < -0.3 is 62.8 Å². The van der Waals surface area contributed by atoms with E-state index in [4.69, 9.17) is 23.2 Å². The van der Waals surface area contributed by atoms with Crippen molar-refractivity contribution in [2.45, 2.75) is 73.5 Å². The average molecular weight is 1800 g/mol. The minimum Gasteiger partial charge on any atom is -0.473 e. The minimum atomic E-state index is 0. The van der Waals surface area contributed by atoms with Gasteiger partial charge in [0.15, 0.2) is 0 Å². The van der Waals surface area contributed by atoms with Crippen molar-refractivity contribution in [3.63, 3.8) is 0 Å². The van der Waals surface area contributed by atoms with Crippen molar-refractivity contribution in [2.75, 3.05) is 67.5 Å². The van der Waals surface area contributed by atoms with Gasteiger partial charge in [-0.25, -0.2) is 0 Å². The number of anilines is 12. The second-order valence-corrected chi connectivity index (χ2v) is 22.6. The summed E-state index contributed by atoms with van der Waals surface area (Å²) in [5.41, 5.74) is 21.9. The zero-order valence-corrected chi connectivity index (χ0v) is 64.0. The molecule has 480 valence electrons. The van der Waals surface area contributed by atoms with Crippen LogP contribution in [0.2, 0.25) is 10.0 Å². The molecule has 0 spiro atoms. The topological polar surface area (TPSA) is 199 Å². The summed E-state index contributed by atoms with van der Waals surface area (Å²) in [5.74, 6) is 3.14. The smallest absolute Gasteiger partial charge is 0.473 e. The standard InChI is InChI=1S/C13H14N2.C12H11ClN2.C12H14N4.C12H12N2.C11H11ClN4.C11H12N4.3W/c1-3-14-12-6-7-15-13-5-4-10(2)8-11(13)9-12;1-2-14-11-5-6-15-12-4-3-10(13)7-9(12)8-11;1-8-3-4-10-11(5-8)15-12-9(6-13-10)7-14-16(12)2;1-2-13-11-7-8-14-12-6-4-3-5-10(12)9-11;1-16-11-7(6-14-16)5-13-9-3-2-8(12)4-10(9)15-11;1-15-11-8(7-13-15)6-12-9-4-2-3-5-10(9)14-11;;;/h4-5,8,15H,6-7H2,1-2H3;3-4,7,15H,5-6H2,1H3;3-5,7,13,15H,6H2,1-2H3;3-6,14H,7-8H2,1H3;2-4,6,13,15H,5H2,1H3;2-5,7,12,14H,6H2,1H3;;;/q2*-2;;-2;;;3*+2. The van der Waals surface area contributed by atoms with Gasteiger partial charge in [-0.05, 0) is 79.6 Å². The Morgan fingerprint density at radius 3 is 1.23 bits per heavy atom. The molecule has 0 saturated carbocycles. The maximum absolute atomic E-state index is 5.98. The quantitative estimate of drug-likeness (QED) is 0.0600. The van der Waals surface area contributed by atoms with Crippen LogP contribution in [0, 0.1) is 32.1 Å². The molecule has 18 nitrogen and oxygen atoms in total. The molecule has 94 heavy (non-hydrogen) atoms. The van der Waals surface area contributed by atoms with Crippen LogP contribution >= 0.6 is 23.2 Å². The van der Waals surface area contributed by atoms with E-state index < -0.39 is 0 Å². The fourth-order valence-corrected chi connectivity index (χ4v) is 10.7. The zero-order valence-electron chi connectivity index (χ0n) is 53.6. The number of hydrogen-bond donors (Lipinski definition) is 9. The van der Waals surface area contributed by atoms with E-state index >= 15 is 0 Å². The number of aryl methyl sites for hydroxylation is 5. The van der Waals surface area contributed by atoms with Gasteiger partial charge in [-0.15, -0.1) is 38.5 Å². The number of aliphatic imine (C=N–C) groups is 3. The van der Waals surface area contributed by atoms with Gasteiger partial charge in [0.2, 0.25) is 0 Å². The summed E-state index contributed by atoms with van der Waals surface area (Å²) >= 11 is 11.9. The van der Waals surface area contributed by atoms with Crippen molar-refractivity contribution < 1.29 is 63.2 Å². The molecule has 0 aliphatic carbocycles. The predicted octanol–water partition coefficient (Wildman–Crippen LogP) is 15.7. The molecule has 23 heteroatoms. The fraction of sp³-hybridized carbons (Fsp3) is 0.239. The fourth-order valence-electron chi connectivity index (χ4n) is 10.4. The third-order valence-electron chi connectivity index (χ3n) is 15.0. The number of rotatable bonds is 3. The first-order valence-corrected chi connectivity index (χ1v) is 30.8. The maximum Gasteiger partial charge on any atom is 2.00 e. The van der Waals surface area contributed by atoms with Crippen LogP contribution in [0.15, 0.2) is 172 Å². The number of nitrogens with zero attached hydrogens (tertiary/aromatic N) is 9. The summed E-state index contributed by atoms with van der Waals surface area (Å²) in [6.45, 7) is 14.6. The van der Waals surface area contributed by atoms with Crippen LogP contribution in [0.1, 0.15) is 84.5 Å². The van der Waals surface area contributed by atoms with Crippen LogP contribution in [-0.4, -0.2) is 67.6 Å². The SMILES string of the molecule is C[C-]=NC1=[C-]c2cc(C)ccc2NCC1.C[C-]=NC1=[C-]c2cc(Cl)ccc2NCC1.C[C-]=NC1=[C-]c2ccccc2NCC1.Cc1ccc2c(c1)Nc1c(cnn1C)CN2.Cn1ncc2c1Nc1cc(Cl)ccc1NC2.Cn1ncc2c1Nc1ccccc1NC2.[W+2].[W+2].[W+2]. The molecule has 3 aromatic heterocycles. The summed E-state index contributed by atoms with van der Waals surface area (Å²) in [6, 6.07) is 40.5. The molecule has 6 aromatic carbocycles. The van der Waals surface area contributed by atoms with E-state index in [0.29, 0.717) is 5.02 Å². The summed E-state index contributed by atoms with van der Waals surface area (Å²) in [5, 5.41) is 44.5. The number of nitrogens with one attached hydrogen (secondary N) is 9. The second kappa shape index (κ2) is 36.1. The molecule has 0 fully saturated rings. The maximum atomic E-state index is 5.98. The Balaban J connectivity index is 0.000000159. The summed E-state index contributed by atoms with van der Waals surface area (Å²) < 4.78 is 5.56. The van der Waals surface area contributed by atoms with Crippen LogP contribution in [0.5, 0.6) is 0 Å². The number of halogens is 2. The Labute approximate surface area is 605 Å². The van der Waals surface area contributed by atoms with Gasteiger partial charge in [-0.3, -0.25) is 32.3 Å². The van der Waals surface area contributed by atoms with Crippen LogP contribution < -0.4 is 47.9 Å². The van der Waals surface area contributed by atoms with Crippen molar-refractivity contribution >= 4 is 110 Å². The van der Waals surface area contributed by atoms with E-state index in [1.165, 1.54) is 22.3 Å². The predicted molar refractivity (Wildman–Crippen MR) is 376 cm³/mol. The second-order valence-electron chi connectivity index (χ2n) is 21.7. The molecular weight excluding hydrogens is 1730 g/mol. The largest absolute Gasteiger partial charge is 2.00 e. The van der Waals surface area contributed by atoms with Crippen LogP contribution in [0.4, 0.5) is 68.6 Å². The monoisotopic (exact) mass is 1800 g/mol.